The molecule has 85 heavy (non-hydrogen) atoms. The summed E-state index contributed by atoms with van der Waals surface area (Å²) >= 11 is 0. The molecule has 4 unspecified atom stereocenters. The lowest BCUT2D eigenvalue weighted by Crippen LogP contribution is -2.58. The number of anilines is 5. The topological polar surface area (TPSA) is 228 Å². The second-order valence-electron chi connectivity index (χ2n) is 26.6. The Kier molecular flexibility index (Phi) is 19.8. The summed E-state index contributed by atoms with van der Waals surface area (Å²) < 4.78 is 35.4. The SMILES string of the molecule is CC(C)(C)OC(=O)NC1CC(NC(=O)OC(C)(C)C)CN(c2cc(N3CC(NC(=O)OC(C)(C)C)CC(NC(=O)OC(C)(C)C)C3)cc(N(C(=O)OC(C)(C)C)c3ccc(NC(=O)c4ccc5ccccc5c4OCc4ccccc4)cc3)c2)C1. The number of nitrogens with zero attached hydrogens (tertiary/aromatic N) is 3. The normalized spacial score (nSPS) is 17.6. The van der Waals surface area contributed by atoms with E-state index in [2.05, 4.69) is 26.6 Å². The highest BCUT2D eigenvalue weighted by Gasteiger charge is 2.37. The molecule has 2 saturated heterocycles. The summed E-state index contributed by atoms with van der Waals surface area (Å²) in [5.74, 6) is 0.0202. The van der Waals surface area contributed by atoms with Crippen molar-refractivity contribution in [2.75, 3.05) is 46.2 Å². The molecule has 2 fully saturated rings. The van der Waals surface area contributed by atoms with E-state index in [0.29, 0.717) is 52.6 Å². The molecule has 20 nitrogen and oxygen atoms in total. The Bertz CT molecular complexity index is 3000. The fraction of sp³-hybridized carbons (Fsp3) is 0.477. The van der Waals surface area contributed by atoms with Crippen molar-refractivity contribution in [3.8, 4) is 5.75 Å². The van der Waals surface area contributed by atoms with Gasteiger partial charge in [-0.05, 0) is 176 Å². The van der Waals surface area contributed by atoms with Gasteiger partial charge in [-0.2, -0.15) is 0 Å². The number of piperidine rings is 2. The van der Waals surface area contributed by atoms with Crippen LogP contribution < -0.4 is 46.0 Å². The van der Waals surface area contributed by atoms with Gasteiger partial charge in [-0.15, -0.1) is 0 Å². The highest BCUT2D eigenvalue weighted by Crippen LogP contribution is 2.39. The van der Waals surface area contributed by atoms with Crippen LogP contribution in [0, 0.1) is 0 Å². The highest BCUT2D eigenvalue weighted by molar-refractivity contribution is 6.10. The first kappa shape index (κ1) is 64.1. The number of carbonyl (C=O) groups excluding carboxylic acids is 6. The van der Waals surface area contributed by atoms with Crippen LogP contribution in [-0.4, -0.2) is 115 Å². The third-order valence-corrected chi connectivity index (χ3v) is 13.0. The zero-order chi connectivity index (χ0) is 62.2. The van der Waals surface area contributed by atoms with Crippen LogP contribution in [0.4, 0.5) is 52.4 Å². The van der Waals surface area contributed by atoms with Crippen molar-refractivity contribution < 1.29 is 57.2 Å². The van der Waals surface area contributed by atoms with E-state index < -0.39 is 88.5 Å². The predicted molar refractivity (Wildman–Crippen MR) is 330 cm³/mol. The second-order valence-corrected chi connectivity index (χ2v) is 26.6. The number of ether oxygens (including phenoxy) is 6. The van der Waals surface area contributed by atoms with E-state index in [0.717, 1.165) is 16.3 Å². The van der Waals surface area contributed by atoms with E-state index in [1.165, 1.54) is 4.90 Å². The molecule has 2 heterocycles. The molecule has 4 atom stereocenters. The molecule has 6 amide bonds. The Morgan fingerprint density at radius 2 is 0.882 bits per heavy atom. The summed E-state index contributed by atoms with van der Waals surface area (Å²) in [5, 5.41) is 16.8. The van der Waals surface area contributed by atoms with Gasteiger partial charge in [-0.25, -0.2) is 28.9 Å². The molecule has 0 aliphatic carbocycles. The molecule has 458 valence electrons. The number of fused-ring (bicyclic) bond motifs is 1. The third-order valence-electron chi connectivity index (χ3n) is 13.0. The standard InChI is InChI=1S/C65H86N8O12/c1-61(2,3)81-56(75)67-44-31-45(68-57(76)82-62(4,5)6)37-71(36-44)49-33-50(72-38-46(69-58(77)83-63(7,8)9)32-47(39-72)70-59(78)84-64(10,11)12)35-51(34-49)73(60(79)85-65(13,14)15)48-28-26-43(27-29-48)66-55(74)53-30-25-42-23-19-20-24-52(42)54(53)80-40-41-21-17-16-18-22-41/h16-30,33-35,44-47H,31-32,36-40H2,1-15H3,(H,66,74)(H,67,75)(H,68,76)(H,69,77)(H,70,78). The van der Waals surface area contributed by atoms with Crippen LogP contribution >= 0.6 is 0 Å². The first-order valence-electron chi connectivity index (χ1n) is 28.9. The molecule has 5 aromatic carbocycles. The van der Waals surface area contributed by atoms with Crippen molar-refractivity contribution in [3.63, 3.8) is 0 Å². The minimum absolute atomic E-state index is 0.233. The van der Waals surface area contributed by atoms with Gasteiger partial charge in [0.05, 0.1) is 41.1 Å². The van der Waals surface area contributed by atoms with Crippen molar-refractivity contribution >= 4 is 75.6 Å². The van der Waals surface area contributed by atoms with Gasteiger partial charge in [0.1, 0.15) is 40.4 Å². The average Bonchev–Trinajstić information content (AvgIpc) is 2.07. The van der Waals surface area contributed by atoms with E-state index >= 15 is 0 Å². The number of alkyl carbamates (subject to hydrolysis) is 4. The lowest BCUT2D eigenvalue weighted by molar-refractivity contribution is 0.0452. The predicted octanol–water partition coefficient (Wildman–Crippen LogP) is 12.7. The molecule has 20 heteroatoms. The second kappa shape index (κ2) is 26.2. The van der Waals surface area contributed by atoms with Crippen LogP contribution in [0.15, 0.2) is 109 Å². The highest BCUT2D eigenvalue weighted by atomic mass is 16.6. The van der Waals surface area contributed by atoms with Gasteiger partial charge in [-0.1, -0.05) is 60.7 Å². The van der Waals surface area contributed by atoms with Crippen molar-refractivity contribution in [1.29, 1.82) is 0 Å². The smallest absolute Gasteiger partial charge is 0.419 e. The van der Waals surface area contributed by atoms with Gasteiger partial charge < -0.3 is 64.8 Å². The minimum Gasteiger partial charge on any atom is -0.487 e. The van der Waals surface area contributed by atoms with Crippen molar-refractivity contribution in [2.45, 2.75) is 175 Å². The number of nitrogens with one attached hydrogen (secondary N) is 5. The summed E-state index contributed by atoms with van der Waals surface area (Å²) in [7, 11) is 0. The number of amides is 6. The molecule has 5 aromatic rings. The summed E-state index contributed by atoms with van der Waals surface area (Å²) in [6.07, 6.45) is -2.67. The average molecular weight is 1170 g/mol. The minimum atomic E-state index is -0.966. The summed E-state index contributed by atoms with van der Waals surface area (Å²) in [5.41, 5.74) is -0.640. The summed E-state index contributed by atoms with van der Waals surface area (Å²) in [6.45, 7) is 27.7. The number of hydrogen-bond donors (Lipinski definition) is 5. The van der Waals surface area contributed by atoms with E-state index in [9.17, 15) is 28.8 Å². The zero-order valence-electron chi connectivity index (χ0n) is 51.9. The van der Waals surface area contributed by atoms with Gasteiger partial charge in [0.15, 0.2) is 0 Å². The monoisotopic (exact) mass is 1170 g/mol. The maximum atomic E-state index is 15.0. The quantitative estimate of drug-likeness (QED) is 0.0691. The fourth-order valence-corrected chi connectivity index (χ4v) is 9.88. The maximum Gasteiger partial charge on any atom is 0.419 e. The van der Waals surface area contributed by atoms with E-state index in [4.69, 9.17) is 28.4 Å². The van der Waals surface area contributed by atoms with Gasteiger partial charge in [0, 0.05) is 48.6 Å². The molecular formula is C65H86N8O12. The van der Waals surface area contributed by atoms with E-state index in [1.54, 1.807) is 134 Å². The summed E-state index contributed by atoms with van der Waals surface area (Å²) in [6, 6.07) is 31.1. The molecule has 0 saturated carbocycles. The van der Waals surface area contributed by atoms with Crippen LogP contribution in [0.25, 0.3) is 10.8 Å². The lowest BCUT2D eigenvalue weighted by Gasteiger charge is -2.42. The van der Waals surface area contributed by atoms with E-state index in [-0.39, 0.29) is 32.8 Å². The molecule has 2 aliphatic heterocycles. The molecule has 2 aliphatic rings. The number of benzene rings is 5. The van der Waals surface area contributed by atoms with Gasteiger partial charge >= 0.3 is 30.5 Å². The fourth-order valence-electron chi connectivity index (χ4n) is 9.88. The Morgan fingerprint density at radius 3 is 1.31 bits per heavy atom. The van der Waals surface area contributed by atoms with Crippen LogP contribution in [0.3, 0.4) is 0 Å². The number of rotatable bonds is 13. The van der Waals surface area contributed by atoms with Crippen molar-refractivity contribution in [2.24, 2.45) is 0 Å². The largest absolute Gasteiger partial charge is 0.487 e. The molecule has 0 spiro atoms. The first-order chi connectivity index (χ1) is 39.6. The van der Waals surface area contributed by atoms with Gasteiger partial charge in [0.2, 0.25) is 0 Å². The van der Waals surface area contributed by atoms with Crippen LogP contribution in [0.1, 0.15) is 133 Å². The molecule has 0 radical (unpaired) electrons. The van der Waals surface area contributed by atoms with Crippen molar-refractivity contribution in [3.05, 3.63) is 120 Å². The van der Waals surface area contributed by atoms with Crippen molar-refractivity contribution in [1.82, 2.24) is 21.3 Å². The summed E-state index contributed by atoms with van der Waals surface area (Å²) in [4.78, 5) is 88.6. The Morgan fingerprint density at radius 1 is 0.471 bits per heavy atom. The third kappa shape index (κ3) is 19.8. The molecule has 5 N–H and O–H groups in total. The number of hydrogen-bond acceptors (Lipinski definition) is 14. The van der Waals surface area contributed by atoms with Crippen LogP contribution in [0.2, 0.25) is 0 Å². The maximum absolute atomic E-state index is 15.0. The number of carbonyl (C=O) groups is 6. The molecular weight excluding hydrogens is 1080 g/mol. The van der Waals surface area contributed by atoms with Gasteiger partial charge in [-0.3, -0.25) is 4.79 Å². The van der Waals surface area contributed by atoms with Gasteiger partial charge in [0.25, 0.3) is 5.91 Å². The molecule has 0 aromatic heterocycles. The van der Waals surface area contributed by atoms with Crippen LogP contribution in [-0.2, 0) is 30.3 Å². The zero-order valence-corrected chi connectivity index (χ0v) is 51.9. The lowest BCUT2D eigenvalue weighted by atomic mass is 9.98. The van der Waals surface area contributed by atoms with E-state index in [1.807, 2.05) is 88.7 Å². The Labute approximate surface area is 499 Å². The Hall–Kier alpha value is -8.42. The Balaban J connectivity index is 1.32. The first-order valence-corrected chi connectivity index (χ1v) is 28.9. The molecule has 0 bridgehead atoms. The van der Waals surface area contributed by atoms with Crippen LogP contribution in [0.5, 0.6) is 5.75 Å². The molecule has 7 rings (SSSR count).